The van der Waals surface area contributed by atoms with Gasteiger partial charge < -0.3 is 10.4 Å². The molecule has 0 aliphatic rings. The van der Waals surface area contributed by atoms with E-state index in [4.69, 9.17) is 0 Å². The fraction of sp³-hybridized carbons (Fsp3) is 0.619. The summed E-state index contributed by atoms with van der Waals surface area (Å²) in [6, 6.07) is 8.54. The monoisotopic (exact) mass is 411 g/mol. The molecule has 0 fully saturated rings. The molecule has 5 heteroatoms. The van der Waals surface area contributed by atoms with Gasteiger partial charge in [0.1, 0.15) is 6.04 Å². The molecule has 0 heterocycles. The van der Waals surface area contributed by atoms with Crippen molar-refractivity contribution in [3.63, 3.8) is 0 Å². The van der Waals surface area contributed by atoms with Crippen LogP contribution in [0.15, 0.2) is 30.3 Å². The zero-order valence-electron chi connectivity index (χ0n) is 16.2. The molecule has 1 atom stereocenters. The standard InChI is InChI=1S/C21H33NO3.Zn/c1-2-3-4-5-6-7-8-9-13-16-20(23)22-19(21(24)25)17-18-14-11-10-12-15-18;/h10-12,14-15,19H,2-9,13,16-17H2,1H3,(H,22,23)(H,24,25);/t19-;/m0./s1. The number of rotatable bonds is 14. The summed E-state index contributed by atoms with van der Waals surface area (Å²) < 4.78 is 0. The molecule has 26 heavy (non-hydrogen) atoms. The number of carbonyl (C=O) groups excluding carboxylic acids is 1. The molecule has 4 nitrogen and oxygen atoms in total. The minimum Gasteiger partial charge on any atom is -0.480 e. The van der Waals surface area contributed by atoms with Gasteiger partial charge in [0.15, 0.2) is 0 Å². The van der Waals surface area contributed by atoms with Crippen LogP contribution in [0.1, 0.15) is 76.7 Å². The van der Waals surface area contributed by atoms with Crippen LogP contribution in [0, 0.1) is 0 Å². The molecular weight excluding hydrogens is 380 g/mol. The summed E-state index contributed by atoms with van der Waals surface area (Å²) in [5, 5.41) is 12.0. The second-order valence-electron chi connectivity index (χ2n) is 6.73. The van der Waals surface area contributed by atoms with Crippen molar-refractivity contribution < 1.29 is 34.2 Å². The molecule has 0 saturated heterocycles. The van der Waals surface area contributed by atoms with Crippen molar-refractivity contribution >= 4 is 11.9 Å². The van der Waals surface area contributed by atoms with Crippen molar-refractivity contribution in [2.45, 2.75) is 83.6 Å². The number of carbonyl (C=O) groups is 2. The van der Waals surface area contributed by atoms with E-state index in [1.807, 2.05) is 30.3 Å². The third-order valence-corrected chi connectivity index (χ3v) is 4.42. The maximum absolute atomic E-state index is 12.0. The van der Waals surface area contributed by atoms with Crippen LogP contribution >= 0.6 is 0 Å². The average Bonchev–Trinajstić information content (AvgIpc) is 2.60. The van der Waals surface area contributed by atoms with Gasteiger partial charge in [0.2, 0.25) is 5.91 Å². The summed E-state index contributed by atoms with van der Waals surface area (Å²) in [4.78, 5) is 23.3. The van der Waals surface area contributed by atoms with Crippen LogP contribution in [-0.4, -0.2) is 23.0 Å². The summed E-state index contributed by atoms with van der Waals surface area (Å²) in [5.74, 6) is -1.14. The third-order valence-electron chi connectivity index (χ3n) is 4.42. The Balaban J connectivity index is 0.00000625. The first-order chi connectivity index (χ1) is 12.1. The number of aliphatic carboxylic acids is 1. The second-order valence-corrected chi connectivity index (χ2v) is 6.73. The van der Waals surface area contributed by atoms with Gasteiger partial charge >= 0.3 is 5.97 Å². The minimum absolute atomic E-state index is 0. The summed E-state index contributed by atoms with van der Waals surface area (Å²) >= 11 is 0. The number of benzene rings is 1. The van der Waals surface area contributed by atoms with E-state index in [2.05, 4.69) is 12.2 Å². The molecule has 1 aromatic rings. The summed E-state index contributed by atoms with van der Waals surface area (Å²) in [5.41, 5.74) is 0.915. The summed E-state index contributed by atoms with van der Waals surface area (Å²) in [7, 11) is 0. The van der Waals surface area contributed by atoms with E-state index in [1.165, 1.54) is 38.5 Å². The Morgan fingerprint density at radius 2 is 1.46 bits per heavy atom. The Labute approximate surface area is 170 Å². The van der Waals surface area contributed by atoms with E-state index in [0.29, 0.717) is 12.8 Å². The molecule has 142 valence electrons. The van der Waals surface area contributed by atoms with Crippen LogP contribution in [-0.2, 0) is 35.5 Å². The molecule has 2 N–H and O–H groups in total. The van der Waals surface area contributed by atoms with Crippen LogP contribution < -0.4 is 5.32 Å². The van der Waals surface area contributed by atoms with E-state index in [1.54, 1.807) is 0 Å². The van der Waals surface area contributed by atoms with Gasteiger partial charge in [-0.25, -0.2) is 4.79 Å². The number of hydrogen-bond donors (Lipinski definition) is 2. The number of carboxylic acids is 1. The van der Waals surface area contributed by atoms with Crippen LogP contribution in [0.2, 0.25) is 0 Å². The smallest absolute Gasteiger partial charge is 0.326 e. The van der Waals surface area contributed by atoms with Gasteiger partial charge in [-0.15, -0.1) is 0 Å². The van der Waals surface area contributed by atoms with Gasteiger partial charge in [0.05, 0.1) is 0 Å². The van der Waals surface area contributed by atoms with Gasteiger partial charge in [0.25, 0.3) is 0 Å². The van der Waals surface area contributed by atoms with E-state index in [9.17, 15) is 14.7 Å². The molecule has 1 aromatic carbocycles. The normalized spacial score (nSPS) is 11.4. The summed E-state index contributed by atoms with van der Waals surface area (Å²) in [6.07, 6.45) is 11.5. The number of unbranched alkanes of at least 4 members (excludes halogenated alkanes) is 8. The van der Waals surface area contributed by atoms with Crippen LogP contribution in [0.4, 0.5) is 0 Å². The average molecular weight is 413 g/mol. The van der Waals surface area contributed by atoms with Crippen molar-refractivity contribution in [1.29, 1.82) is 0 Å². The third kappa shape index (κ3) is 12.2. The van der Waals surface area contributed by atoms with Gasteiger partial charge in [-0.2, -0.15) is 0 Å². The number of amides is 1. The van der Waals surface area contributed by atoms with Crippen LogP contribution in [0.25, 0.3) is 0 Å². The van der Waals surface area contributed by atoms with Gasteiger partial charge in [-0.3, -0.25) is 4.79 Å². The zero-order valence-corrected chi connectivity index (χ0v) is 19.2. The van der Waals surface area contributed by atoms with Gasteiger partial charge in [0, 0.05) is 32.3 Å². The maximum Gasteiger partial charge on any atom is 0.326 e. The minimum atomic E-state index is -0.982. The van der Waals surface area contributed by atoms with Crippen molar-refractivity contribution in [2.24, 2.45) is 0 Å². The number of carboxylic acid groups (broad SMARTS) is 1. The molecular formula is C21H33NO3Zn. The Morgan fingerprint density at radius 3 is 2.00 bits per heavy atom. The number of hydrogen-bond acceptors (Lipinski definition) is 2. The summed E-state index contributed by atoms with van der Waals surface area (Å²) in [6.45, 7) is 2.22. The molecule has 1 amide bonds. The van der Waals surface area contributed by atoms with Gasteiger partial charge in [-0.05, 0) is 12.0 Å². The van der Waals surface area contributed by atoms with E-state index >= 15 is 0 Å². The maximum atomic E-state index is 12.0. The molecule has 0 aliphatic carbocycles. The van der Waals surface area contributed by atoms with E-state index in [-0.39, 0.29) is 25.4 Å². The van der Waals surface area contributed by atoms with Crippen molar-refractivity contribution in [3.05, 3.63) is 35.9 Å². The van der Waals surface area contributed by atoms with Crippen molar-refractivity contribution in [2.75, 3.05) is 0 Å². The first-order valence-corrected chi connectivity index (χ1v) is 9.69. The first-order valence-electron chi connectivity index (χ1n) is 9.69. The Kier molecular flexibility index (Phi) is 15.2. The Hall–Kier alpha value is -1.22. The largest absolute Gasteiger partial charge is 0.480 e. The fourth-order valence-corrected chi connectivity index (χ4v) is 2.91. The Bertz CT molecular complexity index is 493. The second kappa shape index (κ2) is 16.0. The molecule has 0 aromatic heterocycles. The number of nitrogens with one attached hydrogen (secondary N) is 1. The molecule has 0 unspecified atom stereocenters. The molecule has 0 spiro atoms. The van der Waals surface area contributed by atoms with E-state index < -0.39 is 12.0 Å². The molecule has 0 bridgehead atoms. The SMILES string of the molecule is CCCCCCCCCCCC(=O)N[C@@H](Cc1ccccc1)C(=O)O.[Zn]. The predicted octanol–water partition coefficient (Wildman–Crippen LogP) is 4.72. The topological polar surface area (TPSA) is 66.4 Å². The Morgan fingerprint density at radius 1 is 0.923 bits per heavy atom. The van der Waals surface area contributed by atoms with Crippen molar-refractivity contribution in [1.82, 2.24) is 5.32 Å². The molecule has 0 radical (unpaired) electrons. The van der Waals surface area contributed by atoms with Crippen LogP contribution in [0.5, 0.6) is 0 Å². The zero-order chi connectivity index (χ0) is 18.3. The van der Waals surface area contributed by atoms with Crippen molar-refractivity contribution in [3.8, 4) is 0 Å². The molecule has 0 aliphatic heterocycles. The molecule has 1 rings (SSSR count). The first kappa shape index (κ1) is 24.8. The predicted molar refractivity (Wildman–Crippen MR) is 102 cm³/mol. The fourth-order valence-electron chi connectivity index (χ4n) is 2.91. The van der Waals surface area contributed by atoms with Crippen LogP contribution in [0.3, 0.4) is 0 Å². The quantitative estimate of drug-likeness (QED) is 0.343. The van der Waals surface area contributed by atoms with E-state index in [0.717, 1.165) is 24.8 Å². The van der Waals surface area contributed by atoms with Gasteiger partial charge in [-0.1, -0.05) is 88.6 Å². The molecule has 0 saturated carbocycles.